The van der Waals surface area contributed by atoms with Crippen molar-refractivity contribution in [1.82, 2.24) is 19.7 Å². The van der Waals surface area contributed by atoms with E-state index in [-0.39, 0.29) is 17.6 Å². The van der Waals surface area contributed by atoms with Crippen LogP contribution >= 0.6 is 11.8 Å². The molecule has 3 rings (SSSR count). The molecule has 0 spiro atoms. The minimum absolute atomic E-state index is 0.0106. The third kappa shape index (κ3) is 5.45. The molecule has 150 valence electrons. The van der Waals surface area contributed by atoms with Crippen molar-refractivity contribution in [3.8, 4) is 5.69 Å². The van der Waals surface area contributed by atoms with Crippen molar-refractivity contribution in [1.29, 1.82) is 0 Å². The van der Waals surface area contributed by atoms with Gasteiger partial charge in [0.25, 0.3) is 5.91 Å². The maximum atomic E-state index is 12.3. The first-order valence-corrected chi connectivity index (χ1v) is 10.4. The van der Waals surface area contributed by atoms with E-state index in [0.29, 0.717) is 29.5 Å². The average Bonchev–Trinajstić information content (AvgIpc) is 3.23. The van der Waals surface area contributed by atoms with Crippen LogP contribution in [0.2, 0.25) is 0 Å². The van der Waals surface area contributed by atoms with E-state index in [1.807, 2.05) is 44.2 Å². The normalized spacial score (nSPS) is 10.6. The third-order valence-corrected chi connectivity index (χ3v) is 5.14. The number of para-hydroxylation sites is 1. The molecule has 0 atom stereocenters. The zero-order valence-electron chi connectivity index (χ0n) is 16.4. The highest BCUT2D eigenvalue weighted by Gasteiger charge is 2.13. The van der Waals surface area contributed by atoms with Gasteiger partial charge in [-0.2, -0.15) is 0 Å². The number of carbonyl (C=O) groups is 2. The number of nitrogens with zero attached hydrogens (tertiary/aromatic N) is 4. The number of benzene rings is 2. The lowest BCUT2D eigenvalue weighted by molar-refractivity contribution is -0.113. The Kier molecular flexibility index (Phi) is 7.02. The molecule has 2 amide bonds. The number of hydrogen-bond acceptors (Lipinski definition) is 5. The van der Waals surface area contributed by atoms with Gasteiger partial charge in [-0.25, -0.2) is 9.67 Å². The van der Waals surface area contributed by atoms with Crippen molar-refractivity contribution in [3.05, 3.63) is 66.5 Å². The molecule has 1 aromatic heterocycles. The maximum absolute atomic E-state index is 12.3. The number of thioether (sulfide) groups is 1. The van der Waals surface area contributed by atoms with Crippen molar-refractivity contribution >= 4 is 29.3 Å². The van der Waals surface area contributed by atoms with Gasteiger partial charge in [-0.1, -0.05) is 30.0 Å². The SMILES string of the molecule is CCN(CC)C(=O)c1ccc(NC(=O)CSc2ncn(-c3ccccc3)n2)cc1. The molecule has 3 aromatic rings. The second-order valence-electron chi connectivity index (χ2n) is 6.20. The minimum Gasteiger partial charge on any atom is -0.339 e. The molecule has 0 aliphatic rings. The molecule has 0 fully saturated rings. The molecular weight excluding hydrogens is 386 g/mol. The molecule has 0 unspecified atom stereocenters. The van der Waals surface area contributed by atoms with E-state index >= 15 is 0 Å². The first kappa shape index (κ1) is 20.6. The highest BCUT2D eigenvalue weighted by atomic mass is 32.2. The lowest BCUT2D eigenvalue weighted by Crippen LogP contribution is -2.30. The van der Waals surface area contributed by atoms with Crippen molar-refractivity contribution in [2.45, 2.75) is 19.0 Å². The summed E-state index contributed by atoms with van der Waals surface area (Å²) >= 11 is 1.27. The van der Waals surface area contributed by atoms with Crippen molar-refractivity contribution in [2.75, 3.05) is 24.2 Å². The third-order valence-electron chi connectivity index (χ3n) is 4.29. The van der Waals surface area contributed by atoms with Gasteiger partial charge in [0.2, 0.25) is 11.1 Å². The summed E-state index contributed by atoms with van der Waals surface area (Å²) in [6.45, 7) is 5.23. The van der Waals surface area contributed by atoms with E-state index < -0.39 is 0 Å². The Morgan fingerprint density at radius 3 is 2.38 bits per heavy atom. The summed E-state index contributed by atoms with van der Waals surface area (Å²) in [7, 11) is 0. The fourth-order valence-electron chi connectivity index (χ4n) is 2.74. The summed E-state index contributed by atoms with van der Waals surface area (Å²) in [5.41, 5.74) is 2.17. The molecule has 0 radical (unpaired) electrons. The fourth-order valence-corrected chi connectivity index (χ4v) is 3.34. The number of aromatic nitrogens is 3. The molecule has 8 heteroatoms. The van der Waals surface area contributed by atoms with Gasteiger partial charge in [0.15, 0.2) is 0 Å². The van der Waals surface area contributed by atoms with Gasteiger partial charge in [-0.15, -0.1) is 5.10 Å². The van der Waals surface area contributed by atoms with Gasteiger partial charge in [0.05, 0.1) is 11.4 Å². The Morgan fingerprint density at radius 1 is 1.03 bits per heavy atom. The Morgan fingerprint density at radius 2 is 1.72 bits per heavy atom. The predicted octanol–water partition coefficient (Wildman–Crippen LogP) is 3.48. The lowest BCUT2D eigenvalue weighted by Gasteiger charge is -2.18. The van der Waals surface area contributed by atoms with Crippen LogP contribution in [-0.2, 0) is 4.79 Å². The first-order chi connectivity index (χ1) is 14.1. The standard InChI is InChI=1S/C21H23N5O2S/c1-3-25(4-2)20(28)16-10-12-17(13-11-16)23-19(27)14-29-21-22-15-26(24-21)18-8-6-5-7-9-18/h5-13,15H,3-4,14H2,1-2H3,(H,23,27). The summed E-state index contributed by atoms with van der Waals surface area (Å²) < 4.78 is 1.67. The first-order valence-electron chi connectivity index (χ1n) is 9.39. The number of carbonyl (C=O) groups excluding carboxylic acids is 2. The summed E-state index contributed by atoms with van der Waals surface area (Å²) in [6.07, 6.45) is 1.63. The smallest absolute Gasteiger partial charge is 0.253 e. The molecule has 0 bridgehead atoms. The average molecular weight is 410 g/mol. The molecule has 2 aromatic carbocycles. The summed E-state index contributed by atoms with van der Waals surface area (Å²) in [4.78, 5) is 30.5. The van der Waals surface area contributed by atoms with Gasteiger partial charge in [-0.3, -0.25) is 9.59 Å². The largest absolute Gasteiger partial charge is 0.339 e. The van der Waals surface area contributed by atoms with Gasteiger partial charge >= 0.3 is 0 Å². The number of hydrogen-bond donors (Lipinski definition) is 1. The van der Waals surface area contributed by atoms with Crippen LogP contribution in [0.1, 0.15) is 24.2 Å². The molecule has 1 heterocycles. The van der Waals surface area contributed by atoms with E-state index in [1.165, 1.54) is 11.8 Å². The number of anilines is 1. The number of nitrogens with one attached hydrogen (secondary N) is 1. The predicted molar refractivity (Wildman–Crippen MR) is 114 cm³/mol. The minimum atomic E-state index is -0.158. The van der Waals surface area contributed by atoms with Crippen LogP contribution < -0.4 is 5.32 Å². The van der Waals surface area contributed by atoms with Crippen LogP contribution in [0.4, 0.5) is 5.69 Å². The van der Waals surface area contributed by atoms with E-state index in [0.717, 1.165) is 5.69 Å². The van der Waals surface area contributed by atoms with E-state index in [9.17, 15) is 9.59 Å². The van der Waals surface area contributed by atoms with Crippen LogP contribution in [0, 0.1) is 0 Å². The molecule has 0 saturated heterocycles. The highest BCUT2D eigenvalue weighted by Crippen LogP contribution is 2.16. The fraction of sp³-hybridized carbons (Fsp3) is 0.238. The van der Waals surface area contributed by atoms with Crippen LogP contribution in [0.5, 0.6) is 0 Å². The lowest BCUT2D eigenvalue weighted by atomic mass is 10.2. The topological polar surface area (TPSA) is 80.1 Å². The molecule has 1 N–H and O–H groups in total. The van der Waals surface area contributed by atoms with Gasteiger partial charge < -0.3 is 10.2 Å². The molecule has 0 saturated carbocycles. The van der Waals surface area contributed by atoms with Crippen molar-refractivity contribution in [2.24, 2.45) is 0 Å². The van der Waals surface area contributed by atoms with E-state index in [2.05, 4.69) is 15.4 Å². The van der Waals surface area contributed by atoms with Crippen LogP contribution in [0.25, 0.3) is 5.69 Å². The monoisotopic (exact) mass is 409 g/mol. The van der Waals surface area contributed by atoms with Crippen LogP contribution in [0.15, 0.2) is 66.1 Å². The second-order valence-corrected chi connectivity index (χ2v) is 7.14. The zero-order chi connectivity index (χ0) is 20.6. The summed E-state index contributed by atoms with van der Waals surface area (Å²) in [5.74, 6) is 0.0243. The van der Waals surface area contributed by atoms with Crippen LogP contribution in [-0.4, -0.2) is 50.3 Å². The summed E-state index contributed by atoms with van der Waals surface area (Å²) in [6, 6.07) is 16.6. The van der Waals surface area contributed by atoms with Crippen molar-refractivity contribution in [3.63, 3.8) is 0 Å². The second kappa shape index (κ2) is 9.88. The van der Waals surface area contributed by atoms with Crippen molar-refractivity contribution < 1.29 is 9.59 Å². The van der Waals surface area contributed by atoms with Gasteiger partial charge in [0, 0.05) is 24.3 Å². The highest BCUT2D eigenvalue weighted by molar-refractivity contribution is 7.99. The van der Waals surface area contributed by atoms with Gasteiger partial charge in [-0.05, 0) is 50.2 Å². The molecular formula is C21H23N5O2S. The Balaban J connectivity index is 1.52. The molecule has 29 heavy (non-hydrogen) atoms. The summed E-state index contributed by atoms with van der Waals surface area (Å²) in [5, 5.41) is 7.73. The Hall–Kier alpha value is -3.13. The van der Waals surface area contributed by atoms with Crippen LogP contribution in [0.3, 0.4) is 0 Å². The molecule has 0 aliphatic carbocycles. The van der Waals surface area contributed by atoms with E-state index in [4.69, 9.17) is 0 Å². The number of rotatable bonds is 8. The van der Waals surface area contributed by atoms with E-state index in [1.54, 1.807) is 40.2 Å². The molecule has 0 aliphatic heterocycles. The maximum Gasteiger partial charge on any atom is 0.253 e. The molecule has 7 nitrogen and oxygen atoms in total. The Bertz CT molecular complexity index is 953. The zero-order valence-corrected chi connectivity index (χ0v) is 17.2. The Labute approximate surface area is 174 Å². The number of amides is 2. The van der Waals surface area contributed by atoms with Gasteiger partial charge in [0.1, 0.15) is 6.33 Å². The quantitative estimate of drug-likeness (QED) is 0.576.